The predicted molar refractivity (Wildman–Crippen MR) is 71.5 cm³/mol. The highest BCUT2D eigenvalue weighted by atomic mass is 14.4. The van der Waals surface area contributed by atoms with E-state index in [-0.39, 0.29) is 0 Å². The lowest BCUT2D eigenvalue weighted by Crippen LogP contribution is -1.96. The normalized spacial score (nSPS) is 24.2. The highest BCUT2D eigenvalue weighted by molar-refractivity contribution is 5.13. The second kappa shape index (κ2) is 4.94. The lowest BCUT2D eigenvalue weighted by Gasteiger charge is -2.12. The second-order valence-corrected chi connectivity index (χ2v) is 6.74. The van der Waals surface area contributed by atoms with Crippen LogP contribution in [-0.4, -0.2) is 0 Å². The van der Waals surface area contributed by atoms with Crippen molar-refractivity contribution in [3.63, 3.8) is 0 Å². The van der Waals surface area contributed by atoms with Gasteiger partial charge in [0.25, 0.3) is 0 Å². The van der Waals surface area contributed by atoms with E-state index in [1.165, 1.54) is 57.8 Å². The molecule has 2 aliphatic carbocycles. The zero-order chi connectivity index (χ0) is 11.6. The summed E-state index contributed by atoms with van der Waals surface area (Å²) in [7, 11) is 0. The van der Waals surface area contributed by atoms with E-state index in [4.69, 9.17) is 0 Å². The van der Waals surface area contributed by atoms with E-state index in [0.717, 1.165) is 5.92 Å². The van der Waals surface area contributed by atoms with E-state index in [0.29, 0.717) is 5.41 Å². The first-order valence-electron chi connectivity index (χ1n) is 7.24. The minimum Gasteiger partial charge on any atom is -0.0744 e. The summed E-state index contributed by atoms with van der Waals surface area (Å²) in [6, 6.07) is 0. The van der Waals surface area contributed by atoms with Gasteiger partial charge in [0.05, 0.1) is 0 Å². The maximum absolute atomic E-state index is 2.44. The number of allylic oxidation sites excluding steroid dienone is 2. The summed E-state index contributed by atoms with van der Waals surface area (Å²) in [5.74, 6) is 1.12. The summed E-state index contributed by atoms with van der Waals surface area (Å²) < 4.78 is 0. The number of hydrogen-bond donors (Lipinski definition) is 0. The third-order valence-corrected chi connectivity index (χ3v) is 4.64. The minimum absolute atomic E-state index is 0.694. The van der Waals surface area contributed by atoms with Gasteiger partial charge in [0, 0.05) is 0 Å². The van der Waals surface area contributed by atoms with Crippen molar-refractivity contribution in [1.82, 2.24) is 0 Å². The van der Waals surface area contributed by atoms with Gasteiger partial charge < -0.3 is 0 Å². The SMILES string of the molecule is CC(CCCCC1CC1)=C(C)CC1(C)CC1. The van der Waals surface area contributed by atoms with Crippen LogP contribution in [0.4, 0.5) is 0 Å². The Morgan fingerprint density at radius 1 is 1.06 bits per heavy atom. The quantitative estimate of drug-likeness (QED) is 0.393. The van der Waals surface area contributed by atoms with Gasteiger partial charge in [0.15, 0.2) is 0 Å². The summed E-state index contributed by atoms with van der Waals surface area (Å²) in [6.07, 6.45) is 13.1. The largest absolute Gasteiger partial charge is 0.0744 e. The van der Waals surface area contributed by atoms with E-state index in [2.05, 4.69) is 20.8 Å². The lowest BCUT2D eigenvalue weighted by molar-refractivity contribution is 0.558. The molecule has 0 spiro atoms. The Morgan fingerprint density at radius 2 is 1.75 bits per heavy atom. The third kappa shape index (κ3) is 3.96. The lowest BCUT2D eigenvalue weighted by atomic mass is 9.94. The fraction of sp³-hybridized carbons (Fsp3) is 0.875. The first-order chi connectivity index (χ1) is 7.59. The molecular weight excluding hydrogens is 192 g/mol. The number of rotatable bonds is 7. The van der Waals surface area contributed by atoms with Gasteiger partial charge in [-0.3, -0.25) is 0 Å². The average molecular weight is 220 g/mol. The molecule has 0 aromatic heterocycles. The topological polar surface area (TPSA) is 0 Å². The molecule has 2 rings (SSSR count). The molecule has 0 unspecified atom stereocenters. The van der Waals surface area contributed by atoms with Crippen molar-refractivity contribution in [3.05, 3.63) is 11.1 Å². The van der Waals surface area contributed by atoms with Crippen molar-refractivity contribution >= 4 is 0 Å². The number of hydrogen-bond acceptors (Lipinski definition) is 0. The Morgan fingerprint density at radius 3 is 2.31 bits per heavy atom. The monoisotopic (exact) mass is 220 g/mol. The van der Waals surface area contributed by atoms with Gasteiger partial charge in [-0.1, -0.05) is 43.8 Å². The summed E-state index contributed by atoms with van der Waals surface area (Å²) in [5.41, 5.74) is 4.06. The summed E-state index contributed by atoms with van der Waals surface area (Å²) >= 11 is 0. The molecule has 2 fully saturated rings. The molecule has 16 heavy (non-hydrogen) atoms. The van der Waals surface area contributed by atoms with Crippen LogP contribution in [0.15, 0.2) is 11.1 Å². The molecule has 0 heteroatoms. The van der Waals surface area contributed by atoms with Gasteiger partial charge >= 0.3 is 0 Å². The molecule has 0 aromatic carbocycles. The maximum Gasteiger partial charge on any atom is -0.0266 e. The van der Waals surface area contributed by atoms with Crippen molar-refractivity contribution in [3.8, 4) is 0 Å². The third-order valence-electron chi connectivity index (χ3n) is 4.64. The second-order valence-electron chi connectivity index (χ2n) is 6.74. The smallest absolute Gasteiger partial charge is 0.0266 e. The molecule has 0 aliphatic heterocycles. The Balaban J connectivity index is 1.63. The first kappa shape index (κ1) is 12.2. The summed E-state index contributed by atoms with van der Waals surface area (Å²) in [5, 5.41) is 0. The van der Waals surface area contributed by atoms with Crippen molar-refractivity contribution in [2.45, 2.75) is 78.6 Å². The zero-order valence-electron chi connectivity index (χ0n) is 11.4. The molecule has 2 saturated carbocycles. The van der Waals surface area contributed by atoms with E-state index in [9.17, 15) is 0 Å². The van der Waals surface area contributed by atoms with Gasteiger partial charge in [-0.25, -0.2) is 0 Å². The Hall–Kier alpha value is -0.260. The molecule has 0 nitrogen and oxygen atoms in total. The summed E-state index contributed by atoms with van der Waals surface area (Å²) in [4.78, 5) is 0. The van der Waals surface area contributed by atoms with E-state index in [1.807, 2.05) is 0 Å². The molecule has 0 amide bonds. The van der Waals surface area contributed by atoms with E-state index in [1.54, 1.807) is 11.1 Å². The standard InChI is InChI=1S/C16H28/c1-13(6-4-5-7-15-8-9-15)14(2)12-16(3)10-11-16/h15H,4-12H2,1-3H3. The molecule has 0 saturated heterocycles. The van der Waals surface area contributed by atoms with Crippen LogP contribution in [0, 0.1) is 11.3 Å². The number of unbranched alkanes of at least 4 members (excludes halogenated alkanes) is 1. The van der Waals surface area contributed by atoms with Gasteiger partial charge in [0.2, 0.25) is 0 Å². The van der Waals surface area contributed by atoms with Crippen molar-refractivity contribution in [1.29, 1.82) is 0 Å². The fourth-order valence-electron chi connectivity index (χ4n) is 2.62. The molecule has 0 bridgehead atoms. The van der Waals surface area contributed by atoms with E-state index >= 15 is 0 Å². The highest BCUT2D eigenvalue weighted by Gasteiger charge is 2.37. The van der Waals surface area contributed by atoms with Crippen LogP contribution in [0.5, 0.6) is 0 Å². The van der Waals surface area contributed by atoms with Gasteiger partial charge in [-0.05, 0) is 57.3 Å². The van der Waals surface area contributed by atoms with Crippen LogP contribution in [0.1, 0.15) is 78.6 Å². The molecule has 0 radical (unpaired) electrons. The minimum atomic E-state index is 0.694. The Labute approximate surface area is 102 Å². The van der Waals surface area contributed by atoms with Crippen molar-refractivity contribution in [2.75, 3.05) is 0 Å². The Kier molecular flexibility index (Phi) is 3.77. The molecular formula is C16H28. The average Bonchev–Trinajstić information content (AvgIpc) is 3.11. The van der Waals surface area contributed by atoms with Crippen molar-refractivity contribution in [2.24, 2.45) is 11.3 Å². The van der Waals surface area contributed by atoms with Crippen LogP contribution >= 0.6 is 0 Å². The highest BCUT2D eigenvalue weighted by Crippen LogP contribution is 2.50. The molecule has 0 atom stereocenters. The maximum atomic E-state index is 2.44. The van der Waals surface area contributed by atoms with Gasteiger partial charge in [-0.2, -0.15) is 0 Å². The Bertz CT molecular complexity index is 264. The molecule has 0 aromatic rings. The molecule has 92 valence electrons. The summed E-state index contributed by atoms with van der Waals surface area (Å²) in [6.45, 7) is 7.16. The molecule has 2 aliphatic rings. The van der Waals surface area contributed by atoms with Gasteiger partial charge in [0.1, 0.15) is 0 Å². The van der Waals surface area contributed by atoms with Gasteiger partial charge in [-0.15, -0.1) is 0 Å². The fourth-order valence-corrected chi connectivity index (χ4v) is 2.62. The van der Waals surface area contributed by atoms with Crippen LogP contribution in [0.25, 0.3) is 0 Å². The van der Waals surface area contributed by atoms with Crippen LogP contribution < -0.4 is 0 Å². The van der Waals surface area contributed by atoms with Crippen LogP contribution in [0.3, 0.4) is 0 Å². The van der Waals surface area contributed by atoms with Crippen LogP contribution in [-0.2, 0) is 0 Å². The van der Waals surface area contributed by atoms with Crippen LogP contribution in [0.2, 0.25) is 0 Å². The zero-order valence-corrected chi connectivity index (χ0v) is 11.4. The first-order valence-corrected chi connectivity index (χ1v) is 7.24. The molecule has 0 heterocycles. The van der Waals surface area contributed by atoms with E-state index < -0.39 is 0 Å². The molecule has 0 N–H and O–H groups in total. The predicted octanol–water partition coefficient (Wildman–Crippen LogP) is 5.48. The van der Waals surface area contributed by atoms with Crippen molar-refractivity contribution < 1.29 is 0 Å².